The van der Waals surface area contributed by atoms with E-state index in [2.05, 4.69) is 24.1 Å². The van der Waals surface area contributed by atoms with Gasteiger partial charge in [0.05, 0.1) is 5.88 Å². The fraction of sp³-hybridized carbons (Fsp3) is 0.545. The van der Waals surface area contributed by atoms with Crippen molar-refractivity contribution in [2.45, 2.75) is 33.1 Å². The van der Waals surface area contributed by atoms with E-state index in [-0.39, 0.29) is 0 Å². The van der Waals surface area contributed by atoms with E-state index in [0.29, 0.717) is 17.7 Å². The molecule has 0 aromatic carbocycles. The van der Waals surface area contributed by atoms with Crippen LogP contribution in [0, 0.1) is 5.92 Å². The Hall–Kier alpha value is -0.760. The lowest BCUT2D eigenvalue weighted by molar-refractivity contribution is 0.484. The van der Waals surface area contributed by atoms with Gasteiger partial charge in [0.2, 0.25) is 5.89 Å². The van der Waals surface area contributed by atoms with Gasteiger partial charge in [-0.2, -0.15) is 0 Å². The molecule has 78 valence electrons. The average molecular weight is 214 g/mol. The highest BCUT2D eigenvalue weighted by Crippen LogP contribution is 2.06. The second-order valence-corrected chi connectivity index (χ2v) is 3.34. The van der Waals surface area contributed by atoms with Crippen molar-refractivity contribution in [1.82, 2.24) is 4.98 Å². The highest BCUT2D eigenvalue weighted by molar-refractivity contribution is 6.16. The molecule has 1 unspecified atom stereocenters. The number of oxazole rings is 1. The fourth-order valence-corrected chi connectivity index (χ4v) is 1.46. The van der Waals surface area contributed by atoms with Crippen molar-refractivity contribution in [3.63, 3.8) is 0 Å². The molecule has 1 heterocycles. The lowest BCUT2D eigenvalue weighted by atomic mass is 10.0. The highest BCUT2D eigenvalue weighted by Gasteiger charge is 2.06. The van der Waals surface area contributed by atoms with E-state index >= 15 is 0 Å². The molecule has 0 saturated heterocycles. The first-order chi connectivity index (χ1) is 6.79. The summed E-state index contributed by atoms with van der Waals surface area (Å²) in [5.74, 6) is 1.53. The Morgan fingerprint density at radius 3 is 2.93 bits per heavy atom. The highest BCUT2D eigenvalue weighted by atomic mass is 35.5. The molecule has 1 aliphatic carbocycles. The van der Waals surface area contributed by atoms with E-state index < -0.39 is 0 Å². The molecule has 1 aromatic rings. The second-order valence-electron chi connectivity index (χ2n) is 3.07. The molecule has 3 heteroatoms. The molecule has 0 fully saturated rings. The van der Waals surface area contributed by atoms with Gasteiger partial charge in [0, 0.05) is 0 Å². The number of alkyl halides is 1. The van der Waals surface area contributed by atoms with E-state index in [1.807, 2.05) is 13.8 Å². The van der Waals surface area contributed by atoms with Crippen LogP contribution in [0.2, 0.25) is 0 Å². The molecule has 1 aromatic heterocycles. The van der Waals surface area contributed by atoms with Crippen LogP contribution in [0.15, 0.2) is 4.42 Å². The molecule has 0 bridgehead atoms. The first-order valence-electron chi connectivity index (χ1n) is 5.03. The van der Waals surface area contributed by atoms with Crippen molar-refractivity contribution in [1.29, 1.82) is 0 Å². The lowest BCUT2D eigenvalue weighted by Crippen LogP contribution is -2.26. The Morgan fingerprint density at radius 1 is 1.57 bits per heavy atom. The zero-order valence-corrected chi connectivity index (χ0v) is 9.64. The van der Waals surface area contributed by atoms with Crippen LogP contribution in [-0.2, 0) is 5.88 Å². The van der Waals surface area contributed by atoms with Gasteiger partial charge in [0.25, 0.3) is 0 Å². The van der Waals surface area contributed by atoms with Crippen LogP contribution >= 0.6 is 11.6 Å². The Morgan fingerprint density at radius 2 is 2.29 bits per heavy atom. The summed E-state index contributed by atoms with van der Waals surface area (Å²) in [6.45, 7) is 6.16. The molecule has 1 aliphatic rings. The maximum atomic E-state index is 5.60. The summed E-state index contributed by atoms with van der Waals surface area (Å²) in [4.78, 5) is 4.23. The Bertz CT molecular complexity index is 394. The third-order valence-corrected chi connectivity index (χ3v) is 2.19. The zero-order valence-electron chi connectivity index (χ0n) is 8.88. The number of halogens is 1. The van der Waals surface area contributed by atoms with Crippen LogP contribution < -0.4 is 10.8 Å². The number of fused-ring (bicyclic) bond motifs is 1. The maximum Gasteiger partial charge on any atom is 0.210 e. The smallest absolute Gasteiger partial charge is 0.210 e. The van der Waals surface area contributed by atoms with Gasteiger partial charge in [-0.3, -0.25) is 0 Å². The molecule has 0 spiro atoms. The summed E-state index contributed by atoms with van der Waals surface area (Å²) < 4.78 is 5.37. The number of hydrogen-bond donors (Lipinski definition) is 0. The quantitative estimate of drug-likeness (QED) is 0.668. The SMILES string of the molecule is CC.CC1C=c2nc(CCl)oc2=CC1. The van der Waals surface area contributed by atoms with Gasteiger partial charge in [-0.05, 0) is 18.4 Å². The van der Waals surface area contributed by atoms with Crippen molar-refractivity contribution in [2.24, 2.45) is 5.92 Å². The monoisotopic (exact) mass is 213 g/mol. The maximum absolute atomic E-state index is 5.60. The van der Waals surface area contributed by atoms with Gasteiger partial charge in [-0.1, -0.05) is 26.8 Å². The molecule has 0 radical (unpaired) electrons. The van der Waals surface area contributed by atoms with Crippen molar-refractivity contribution in [2.75, 3.05) is 0 Å². The average Bonchev–Trinajstić information content (AvgIpc) is 2.62. The lowest BCUT2D eigenvalue weighted by Gasteiger charge is -2.01. The Kier molecular flexibility index (Phi) is 4.21. The summed E-state index contributed by atoms with van der Waals surface area (Å²) in [6, 6.07) is 0. The summed E-state index contributed by atoms with van der Waals surface area (Å²) in [5, 5.41) is 0.949. The predicted octanol–water partition coefficient (Wildman–Crippen LogP) is 2.04. The summed E-state index contributed by atoms with van der Waals surface area (Å²) in [7, 11) is 0. The molecular formula is C11H16ClNO. The minimum atomic E-state index is 0.350. The predicted molar refractivity (Wildman–Crippen MR) is 59.4 cm³/mol. The van der Waals surface area contributed by atoms with Crippen LogP contribution in [0.3, 0.4) is 0 Å². The van der Waals surface area contributed by atoms with Crippen molar-refractivity contribution in [3.8, 4) is 0 Å². The molecule has 0 saturated carbocycles. The number of rotatable bonds is 1. The molecule has 0 N–H and O–H groups in total. The summed E-state index contributed by atoms with van der Waals surface area (Å²) in [6.07, 6.45) is 5.22. The van der Waals surface area contributed by atoms with Crippen molar-refractivity contribution >= 4 is 23.8 Å². The number of hydrogen-bond acceptors (Lipinski definition) is 2. The standard InChI is InChI=1S/C9H10ClNO.C2H6/c1-6-2-3-8-7(4-6)11-9(5-10)12-8;1-2/h3-4,6H,2,5H2,1H3;1-2H3. The number of nitrogens with zero attached hydrogens (tertiary/aromatic N) is 1. The van der Waals surface area contributed by atoms with Gasteiger partial charge in [0.15, 0.2) is 5.42 Å². The van der Waals surface area contributed by atoms with Gasteiger partial charge in [-0.25, -0.2) is 4.98 Å². The normalized spacial score (nSPS) is 18.4. The van der Waals surface area contributed by atoms with E-state index in [9.17, 15) is 0 Å². The molecule has 1 atom stereocenters. The van der Waals surface area contributed by atoms with Crippen LogP contribution in [0.25, 0.3) is 12.2 Å². The fourth-order valence-electron chi connectivity index (χ4n) is 1.34. The Balaban J connectivity index is 0.000000461. The van der Waals surface area contributed by atoms with Crippen molar-refractivity contribution in [3.05, 3.63) is 16.7 Å². The third-order valence-electron chi connectivity index (χ3n) is 1.96. The van der Waals surface area contributed by atoms with Gasteiger partial charge in [0.1, 0.15) is 5.35 Å². The van der Waals surface area contributed by atoms with Crippen LogP contribution in [0.5, 0.6) is 0 Å². The third kappa shape index (κ3) is 2.38. The molecule has 14 heavy (non-hydrogen) atoms. The summed E-state index contributed by atoms with van der Waals surface area (Å²) in [5.41, 5.74) is 0.878. The largest absolute Gasteiger partial charge is 0.440 e. The van der Waals surface area contributed by atoms with Crippen LogP contribution in [0.4, 0.5) is 0 Å². The molecular weight excluding hydrogens is 198 g/mol. The van der Waals surface area contributed by atoms with Gasteiger partial charge < -0.3 is 4.42 Å². The molecule has 2 nitrogen and oxygen atoms in total. The van der Waals surface area contributed by atoms with Crippen LogP contribution in [0.1, 0.15) is 33.1 Å². The second kappa shape index (κ2) is 5.20. The molecule has 0 amide bonds. The van der Waals surface area contributed by atoms with Gasteiger partial charge >= 0.3 is 0 Å². The van der Waals surface area contributed by atoms with E-state index in [0.717, 1.165) is 17.2 Å². The molecule has 0 aliphatic heterocycles. The van der Waals surface area contributed by atoms with E-state index in [1.54, 1.807) is 0 Å². The van der Waals surface area contributed by atoms with Crippen molar-refractivity contribution < 1.29 is 4.42 Å². The molecule has 2 rings (SSSR count). The van der Waals surface area contributed by atoms with Gasteiger partial charge in [-0.15, -0.1) is 11.6 Å². The van der Waals surface area contributed by atoms with Crippen LogP contribution in [-0.4, -0.2) is 4.98 Å². The van der Waals surface area contributed by atoms with E-state index in [1.165, 1.54) is 0 Å². The van der Waals surface area contributed by atoms with E-state index in [4.69, 9.17) is 16.0 Å². The zero-order chi connectivity index (χ0) is 10.6. The first-order valence-corrected chi connectivity index (χ1v) is 5.57. The minimum Gasteiger partial charge on any atom is -0.440 e. The number of aromatic nitrogens is 1. The minimum absolute atomic E-state index is 0.350. The topological polar surface area (TPSA) is 26.0 Å². The Labute approximate surface area is 89.3 Å². The first kappa shape index (κ1) is 11.3. The summed E-state index contributed by atoms with van der Waals surface area (Å²) >= 11 is 5.60.